The predicted octanol–water partition coefficient (Wildman–Crippen LogP) is 2.43. The number of hydrogen-bond donors (Lipinski definition) is 1. The van der Waals surface area contributed by atoms with Crippen molar-refractivity contribution in [3.05, 3.63) is 36.1 Å². The Bertz CT molecular complexity index is 476. The van der Waals surface area contributed by atoms with Crippen LogP contribution < -0.4 is 0 Å². The first-order valence-electron chi connectivity index (χ1n) is 6.63. The van der Waals surface area contributed by atoms with Crippen LogP contribution in [0, 0.1) is 0 Å². The van der Waals surface area contributed by atoms with E-state index in [1.807, 2.05) is 49.2 Å². The Morgan fingerprint density at radius 1 is 1.37 bits per heavy atom. The highest BCUT2D eigenvalue weighted by Gasteiger charge is 2.15. The second kappa shape index (κ2) is 6.70. The van der Waals surface area contributed by atoms with Gasteiger partial charge in [0.05, 0.1) is 6.61 Å². The number of aliphatic hydroxyl groups excluding tert-OH is 1. The number of rotatable bonds is 7. The van der Waals surface area contributed by atoms with Gasteiger partial charge >= 0.3 is 0 Å². The van der Waals surface area contributed by atoms with Crippen LogP contribution in [-0.2, 0) is 4.74 Å². The maximum Gasteiger partial charge on any atom is 0.135 e. The minimum Gasteiger partial charge on any atom is -0.458 e. The van der Waals surface area contributed by atoms with Crippen molar-refractivity contribution in [3.63, 3.8) is 0 Å². The standard InChI is InChI=1S/C15H21NO3/c1-3-18-9-8-16(2)11-13(17)15-10-12-6-4-5-7-14(12)19-15/h4-7,10,13,17H,3,8-9,11H2,1-2H3. The number of ether oxygens (including phenoxy) is 1. The molecule has 1 N–H and O–H groups in total. The molecular weight excluding hydrogens is 242 g/mol. The molecule has 0 bridgehead atoms. The third-order valence-electron chi connectivity index (χ3n) is 3.08. The normalized spacial score (nSPS) is 13.3. The molecule has 0 radical (unpaired) electrons. The van der Waals surface area contributed by atoms with Crippen molar-refractivity contribution in [2.75, 3.05) is 33.4 Å². The molecule has 0 saturated heterocycles. The van der Waals surface area contributed by atoms with E-state index >= 15 is 0 Å². The van der Waals surface area contributed by atoms with Crippen LogP contribution in [0.2, 0.25) is 0 Å². The molecule has 1 aromatic carbocycles. The van der Waals surface area contributed by atoms with Gasteiger partial charge in [-0.15, -0.1) is 0 Å². The minimum absolute atomic E-state index is 0.535. The fraction of sp³-hybridized carbons (Fsp3) is 0.467. The molecule has 19 heavy (non-hydrogen) atoms. The molecule has 1 atom stereocenters. The third-order valence-corrected chi connectivity index (χ3v) is 3.08. The fourth-order valence-electron chi connectivity index (χ4n) is 2.01. The molecule has 1 unspecified atom stereocenters. The summed E-state index contributed by atoms with van der Waals surface area (Å²) in [4.78, 5) is 2.04. The van der Waals surface area contributed by atoms with Gasteiger partial charge in [0.15, 0.2) is 0 Å². The quantitative estimate of drug-likeness (QED) is 0.779. The van der Waals surface area contributed by atoms with Gasteiger partial charge in [0.1, 0.15) is 17.4 Å². The van der Waals surface area contributed by atoms with Gasteiger partial charge < -0.3 is 19.2 Å². The highest BCUT2D eigenvalue weighted by atomic mass is 16.5. The van der Waals surface area contributed by atoms with E-state index in [9.17, 15) is 5.11 Å². The number of aliphatic hydroxyl groups is 1. The summed E-state index contributed by atoms with van der Waals surface area (Å²) in [5.74, 6) is 0.615. The molecular formula is C15H21NO3. The Balaban J connectivity index is 1.93. The fourth-order valence-corrected chi connectivity index (χ4v) is 2.01. The molecule has 4 heteroatoms. The lowest BCUT2D eigenvalue weighted by molar-refractivity contribution is 0.0798. The van der Waals surface area contributed by atoms with Crippen molar-refractivity contribution >= 4 is 11.0 Å². The summed E-state index contributed by atoms with van der Waals surface area (Å²) in [6.07, 6.45) is -0.612. The first-order chi connectivity index (χ1) is 9.20. The van der Waals surface area contributed by atoms with Crippen molar-refractivity contribution in [2.24, 2.45) is 0 Å². The van der Waals surface area contributed by atoms with Gasteiger partial charge in [-0.25, -0.2) is 0 Å². The van der Waals surface area contributed by atoms with E-state index in [1.54, 1.807) is 0 Å². The van der Waals surface area contributed by atoms with Gasteiger partial charge in [-0.2, -0.15) is 0 Å². The van der Waals surface area contributed by atoms with Gasteiger partial charge in [-0.05, 0) is 26.1 Å². The summed E-state index contributed by atoms with van der Waals surface area (Å²) >= 11 is 0. The zero-order valence-corrected chi connectivity index (χ0v) is 11.5. The smallest absolute Gasteiger partial charge is 0.135 e. The van der Waals surface area contributed by atoms with E-state index in [0.717, 1.165) is 24.1 Å². The lowest BCUT2D eigenvalue weighted by atomic mass is 10.2. The summed E-state index contributed by atoms with van der Waals surface area (Å²) in [6, 6.07) is 9.67. The van der Waals surface area contributed by atoms with Crippen molar-refractivity contribution < 1.29 is 14.3 Å². The molecule has 2 rings (SSSR count). The number of benzene rings is 1. The molecule has 0 fully saturated rings. The van der Waals surface area contributed by atoms with Crippen molar-refractivity contribution in [1.82, 2.24) is 4.90 Å². The van der Waals surface area contributed by atoms with Crippen LogP contribution in [-0.4, -0.2) is 43.4 Å². The number of furan rings is 1. The maximum atomic E-state index is 10.2. The van der Waals surface area contributed by atoms with Crippen LogP contribution in [0.3, 0.4) is 0 Å². The minimum atomic E-state index is -0.612. The number of likely N-dealkylation sites (N-methyl/N-ethyl adjacent to an activating group) is 1. The lowest BCUT2D eigenvalue weighted by Crippen LogP contribution is -2.28. The highest BCUT2D eigenvalue weighted by molar-refractivity contribution is 5.77. The molecule has 0 aliphatic rings. The third kappa shape index (κ3) is 3.80. The van der Waals surface area contributed by atoms with Crippen molar-refractivity contribution in [2.45, 2.75) is 13.0 Å². The van der Waals surface area contributed by atoms with E-state index < -0.39 is 6.10 Å². The number of nitrogens with zero attached hydrogens (tertiary/aromatic N) is 1. The average molecular weight is 263 g/mol. The highest BCUT2D eigenvalue weighted by Crippen LogP contribution is 2.24. The molecule has 104 valence electrons. The molecule has 2 aromatic rings. The summed E-state index contributed by atoms with van der Waals surface area (Å²) in [6.45, 7) is 4.71. The van der Waals surface area contributed by atoms with Crippen LogP contribution in [0.15, 0.2) is 34.7 Å². The maximum absolute atomic E-state index is 10.2. The summed E-state index contributed by atoms with van der Waals surface area (Å²) in [5, 5.41) is 11.2. The van der Waals surface area contributed by atoms with E-state index in [2.05, 4.69) is 0 Å². The van der Waals surface area contributed by atoms with E-state index in [-0.39, 0.29) is 0 Å². The Morgan fingerprint density at radius 2 is 2.16 bits per heavy atom. The number of para-hydroxylation sites is 1. The van der Waals surface area contributed by atoms with Gasteiger partial charge in [-0.3, -0.25) is 0 Å². The number of fused-ring (bicyclic) bond motifs is 1. The average Bonchev–Trinajstić information content (AvgIpc) is 2.83. The van der Waals surface area contributed by atoms with Crippen LogP contribution in [0.25, 0.3) is 11.0 Å². The Morgan fingerprint density at radius 3 is 2.89 bits per heavy atom. The molecule has 1 aromatic heterocycles. The molecule has 0 spiro atoms. The second-order valence-electron chi connectivity index (χ2n) is 4.66. The number of hydrogen-bond acceptors (Lipinski definition) is 4. The van der Waals surface area contributed by atoms with Gasteiger partial charge in [0.2, 0.25) is 0 Å². The summed E-state index contributed by atoms with van der Waals surface area (Å²) in [7, 11) is 1.96. The van der Waals surface area contributed by atoms with Gasteiger partial charge in [-0.1, -0.05) is 18.2 Å². The zero-order chi connectivity index (χ0) is 13.7. The Hall–Kier alpha value is -1.36. The molecule has 1 heterocycles. The molecule has 4 nitrogen and oxygen atoms in total. The topological polar surface area (TPSA) is 45.8 Å². The van der Waals surface area contributed by atoms with E-state index in [0.29, 0.717) is 18.9 Å². The second-order valence-corrected chi connectivity index (χ2v) is 4.66. The zero-order valence-electron chi connectivity index (χ0n) is 11.5. The van der Waals surface area contributed by atoms with E-state index in [4.69, 9.17) is 9.15 Å². The predicted molar refractivity (Wildman–Crippen MR) is 75.2 cm³/mol. The molecule has 0 aliphatic heterocycles. The van der Waals surface area contributed by atoms with Crippen LogP contribution in [0.5, 0.6) is 0 Å². The molecule has 0 aliphatic carbocycles. The van der Waals surface area contributed by atoms with Crippen LogP contribution in [0.4, 0.5) is 0 Å². The first kappa shape index (κ1) is 14.1. The van der Waals surface area contributed by atoms with Gasteiger partial charge in [0, 0.05) is 25.1 Å². The van der Waals surface area contributed by atoms with Crippen molar-refractivity contribution in [3.8, 4) is 0 Å². The summed E-state index contributed by atoms with van der Waals surface area (Å²) < 4.78 is 10.9. The van der Waals surface area contributed by atoms with Crippen molar-refractivity contribution in [1.29, 1.82) is 0 Å². The summed E-state index contributed by atoms with van der Waals surface area (Å²) in [5.41, 5.74) is 0.813. The monoisotopic (exact) mass is 263 g/mol. The molecule has 0 amide bonds. The first-order valence-corrected chi connectivity index (χ1v) is 6.63. The van der Waals surface area contributed by atoms with Gasteiger partial charge in [0.25, 0.3) is 0 Å². The molecule has 0 saturated carbocycles. The van der Waals surface area contributed by atoms with Crippen LogP contribution >= 0.6 is 0 Å². The lowest BCUT2D eigenvalue weighted by Gasteiger charge is -2.19. The van der Waals surface area contributed by atoms with Crippen LogP contribution in [0.1, 0.15) is 18.8 Å². The SMILES string of the molecule is CCOCCN(C)CC(O)c1cc2ccccc2o1. The Labute approximate surface area is 113 Å². The largest absolute Gasteiger partial charge is 0.458 e. The van der Waals surface area contributed by atoms with E-state index in [1.165, 1.54) is 0 Å². The Kier molecular flexibility index (Phi) is 4.96.